The van der Waals surface area contributed by atoms with Gasteiger partial charge in [0, 0.05) is 16.9 Å². The Morgan fingerprint density at radius 2 is 1.80 bits per heavy atom. The van der Waals surface area contributed by atoms with Crippen molar-refractivity contribution in [1.29, 1.82) is 0 Å². The maximum atomic E-state index is 13.3. The lowest BCUT2D eigenvalue weighted by molar-refractivity contribution is -0.169. The molecule has 35 heavy (non-hydrogen) atoms. The number of fused-ring (bicyclic) bond motifs is 6. The number of epoxide rings is 2. The number of esters is 1. The molecule has 3 heterocycles. The van der Waals surface area contributed by atoms with Gasteiger partial charge < -0.3 is 24.4 Å². The minimum absolute atomic E-state index is 0.0663. The second kappa shape index (κ2) is 6.47. The number of aliphatic hydroxyl groups is 2. The zero-order valence-corrected chi connectivity index (χ0v) is 21.1. The van der Waals surface area contributed by atoms with Crippen molar-refractivity contribution in [2.24, 2.45) is 34.5 Å². The number of rotatable bonds is 2. The summed E-state index contributed by atoms with van der Waals surface area (Å²) in [6.07, 6.45) is 4.49. The first kappa shape index (κ1) is 22.6. The molecule has 0 aromatic heterocycles. The van der Waals surface area contributed by atoms with E-state index in [9.17, 15) is 19.8 Å². The van der Waals surface area contributed by atoms with Crippen molar-refractivity contribution in [3.8, 4) is 0 Å². The molecule has 0 bridgehead atoms. The molecule has 1 spiro atoms. The van der Waals surface area contributed by atoms with E-state index in [1.807, 2.05) is 13.8 Å². The zero-order chi connectivity index (χ0) is 24.9. The molecule has 4 aliphatic carbocycles. The number of allylic oxidation sites excluding steroid dienone is 1. The van der Waals surface area contributed by atoms with Crippen molar-refractivity contribution in [1.82, 2.24) is 0 Å². The molecule has 7 heteroatoms. The molecule has 0 unspecified atom stereocenters. The van der Waals surface area contributed by atoms with E-state index in [1.54, 1.807) is 19.1 Å². The number of carbonyl (C=O) groups excluding carboxylic acids is 2. The molecular weight excluding hydrogens is 448 g/mol. The molecule has 0 amide bonds. The van der Waals surface area contributed by atoms with Crippen LogP contribution in [0.5, 0.6) is 0 Å². The number of hydrogen-bond acceptors (Lipinski definition) is 7. The summed E-state index contributed by atoms with van der Waals surface area (Å²) in [5.41, 5.74) is -0.906. The van der Waals surface area contributed by atoms with Crippen molar-refractivity contribution in [3.05, 3.63) is 23.3 Å². The average molecular weight is 485 g/mol. The van der Waals surface area contributed by atoms with Gasteiger partial charge in [-0.05, 0) is 81.9 Å². The van der Waals surface area contributed by atoms with Crippen molar-refractivity contribution in [3.63, 3.8) is 0 Å². The summed E-state index contributed by atoms with van der Waals surface area (Å²) in [6, 6.07) is 0. The first-order valence-electron chi connectivity index (χ1n) is 13.3. The van der Waals surface area contributed by atoms with Gasteiger partial charge in [0.2, 0.25) is 0 Å². The maximum absolute atomic E-state index is 13.3. The van der Waals surface area contributed by atoms with Crippen LogP contribution in [0.4, 0.5) is 0 Å². The van der Waals surface area contributed by atoms with Crippen molar-refractivity contribution in [2.75, 3.05) is 0 Å². The molecule has 3 saturated carbocycles. The van der Waals surface area contributed by atoms with E-state index in [0.717, 1.165) is 25.7 Å². The Bertz CT molecular complexity index is 1110. The third-order valence-electron chi connectivity index (χ3n) is 12.2. The molecule has 0 aromatic carbocycles. The number of cyclic esters (lactones) is 1. The van der Waals surface area contributed by atoms with Crippen LogP contribution < -0.4 is 0 Å². The standard InChI is InChI=1S/C28H36O7/c1-12-13(2)24(32)33-23(22(12)31)14(3)27-21(34-27)11-17-15-10-20-28(35-20)19(30)7-6-18(29)26(28,5)16(15)8-9-25(17,27)4/h6-7,14-17,19-23,30-31H,8-11H2,1-5H3/t14-,15-,16+,17-,19+,20-,21-,22+,23+,25+,26+,27-,28-/m1/s1. The third-order valence-corrected chi connectivity index (χ3v) is 12.2. The normalized spacial score (nSPS) is 58.5. The Kier molecular flexibility index (Phi) is 4.19. The van der Waals surface area contributed by atoms with Gasteiger partial charge >= 0.3 is 5.97 Å². The number of ether oxygens (including phenoxy) is 3. The molecule has 190 valence electrons. The molecule has 5 fully saturated rings. The summed E-state index contributed by atoms with van der Waals surface area (Å²) < 4.78 is 18.5. The lowest BCUT2D eigenvalue weighted by Gasteiger charge is -2.58. The minimum atomic E-state index is -0.830. The zero-order valence-electron chi connectivity index (χ0n) is 21.1. The van der Waals surface area contributed by atoms with Crippen LogP contribution in [0.1, 0.15) is 60.3 Å². The van der Waals surface area contributed by atoms with Crippen LogP contribution in [0.25, 0.3) is 0 Å². The molecule has 7 nitrogen and oxygen atoms in total. The van der Waals surface area contributed by atoms with Crippen molar-refractivity contribution >= 4 is 11.8 Å². The molecular formula is C28H36O7. The van der Waals surface area contributed by atoms with Gasteiger partial charge in [0.25, 0.3) is 0 Å². The summed E-state index contributed by atoms with van der Waals surface area (Å²) in [7, 11) is 0. The Labute approximate surface area is 205 Å². The molecule has 0 aromatic rings. The lowest BCUT2D eigenvalue weighted by Crippen LogP contribution is -2.64. The molecule has 2 N–H and O–H groups in total. The highest BCUT2D eigenvalue weighted by molar-refractivity contribution is 5.98. The highest BCUT2D eigenvalue weighted by atomic mass is 16.6. The number of aliphatic hydroxyl groups excluding tert-OH is 2. The Morgan fingerprint density at radius 3 is 2.54 bits per heavy atom. The highest BCUT2D eigenvalue weighted by Gasteiger charge is 2.84. The van der Waals surface area contributed by atoms with Gasteiger partial charge in [-0.3, -0.25) is 4.79 Å². The lowest BCUT2D eigenvalue weighted by atomic mass is 9.44. The summed E-state index contributed by atoms with van der Waals surface area (Å²) >= 11 is 0. The smallest absolute Gasteiger partial charge is 0.334 e. The molecule has 2 saturated heterocycles. The average Bonchev–Trinajstić information content (AvgIpc) is 3.72. The minimum Gasteiger partial charge on any atom is -0.455 e. The van der Waals surface area contributed by atoms with Gasteiger partial charge in [-0.25, -0.2) is 4.79 Å². The highest BCUT2D eigenvalue weighted by Crippen LogP contribution is 2.78. The number of ketones is 1. The van der Waals surface area contributed by atoms with E-state index in [2.05, 4.69) is 13.8 Å². The van der Waals surface area contributed by atoms with E-state index in [-0.39, 0.29) is 41.2 Å². The first-order chi connectivity index (χ1) is 16.4. The maximum Gasteiger partial charge on any atom is 0.334 e. The largest absolute Gasteiger partial charge is 0.455 e. The van der Waals surface area contributed by atoms with Crippen LogP contribution in [-0.4, -0.2) is 63.7 Å². The van der Waals surface area contributed by atoms with Gasteiger partial charge in [0.05, 0.1) is 17.6 Å². The summed E-state index contributed by atoms with van der Waals surface area (Å²) in [4.78, 5) is 25.9. The fraction of sp³-hybridized carbons (Fsp3) is 0.786. The fourth-order valence-corrected chi connectivity index (χ4v) is 10.0. The third kappa shape index (κ3) is 2.26. The van der Waals surface area contributed by atoms with E-state index in [1.165, 1.54) is 0 Å². The number of carbonyl (C=O) groups is 2. The van der Waals surface area contributed by atoms with Crippen LogP contribution in [0, 0.1) is 34.5 Å². The summed E-state index contributed by atoms with van der Waals surface area (Å²) in [5, 5.41) is 21.9. The molecule has 7 rings (SSSR count). The monoisotopic (exact) mass is 484 g/mol. The van der Waals surface area contributed by atoms with E-state index in [4.69, 9.17) is 14.2 Å². The summed E-state index contributed by atoms with van der Waals surface area (Å²) in [5.74, 6) is 0.393. The first-order valence-corrected chi connectivity index (χ1v) is 13.3. The molecule has 7 aliphatic rings. The quantitative estimate of drug-likeness (QED) is 0.458. The van der Waals surface area contributed by atoms with Crippen LogP contribution in [0.3, 0.4) is 0 Å². The van der Waals surface area contributed by atoms with Gasteiger partial charge in [-0.2, -0.15) is 0 Å². The van der Waals surface area contributed by atoms with Gasteiger partial charge in [0.15, 0.2) is 5.78 Å². The van der Waals surface area contributed by atoms with Gasteiger partial charge in [0.1, 0.15) is 29.5 Å². The van der Waals surface area contributed by atoms with Crippen molar-refractivity contribution in [2.45, 2.75) is 102 Å². The predicted octanol–water partition coefficient (Wildman–Crippen LogP) is 2.48. The van der Waals surface area contributed by atoms with Crippen LogP contribution in [0.15, 0.2) is 23.3 Å². The van der Waals surface area contributed by atoms with Crippen LogP contribution in [0.2, 0.25) is 0 Å². The second-order valence-electron chi connectivity index (χ2n) is 12.9. The SMILES string of the molecule is CC1=C(C)[C@H](O)[C@H]([C@@H](C)[C@@]23O[C@@H]2C[C@@H]2[C@@H]4C[C@H]5O[C@]56[C@@H](O)C=CC(=O)[C@]6(C)[C@H]4CC[C@@]23C)OC1=O. The van der Waals surface area contributed by atoms with Gasteiger partial charge in [-0.1, -0.05) is 13.8 Å². The van der Waals surface area contributed by atoms with E-state index >= 15 is 0 Å². The second-order valence-corrected chi connectivity index (χ2v) is 12.9. The van der Waals surface area contributed by atoms with Crippen molar-refractivity contribution < 1.29 is 34.0 Å². The summed E-state index contributed by atoms with van der Waals surface area (Å²) in [6.45, 7) is 9.92. The Hall–Kier alpha value is -1.54. The Morgan fingerprint density at radius 1 is 1.06 bits per heavy atom. The fourth-order valence-electron chi connectivity index (χ4n) is 10.0. The number of hydrogen-bond donors (Lipinski definition) is 2. The predicted molar refractivity (Wildman–Crippen MR) is 124 cm³/mol. The molecule has 0 radical (unpaired) electrons. The van der Waals surface area contributed by atoms with Gasteiger partial charge in [-0.15, -0.1) is 0 Å². The van der Waals surface area contributed by atoms with E-state index < -0.39 is 34.9 Å². The Balaban J connectivity index is 1.23. The topological polar surface area (TPSA) is 109 Å². The van der Waals surface area contributed by atoms with Crippen LogP contribution in [-0.2, 0) is 23.8 Å². The molecule has 13 atom stereocenters. The van der Waals surface area contributed by atoms with Crippen LogP contribution >= 0.6 is 0 Å². The molecule has 3 aliphatic heterocycles. The van der Waals surface area contributed by atoms with E-state index in [0.29, 0.717) is 23.0 Å².